The minimum absolute atomic E-state index is 0.126. The summed E-state index contributed by atoms with van der Waals surface area (Å²) in [4.78, 5) is 20.1. The number of halogens is 1. The van der Waals surface area contributed by atoms with E-state index >= 15 is 0 Å². The summed E-state index contributed by atoms with van der Waals surface area (Å²) in [5.41, 5.74) is 5.67. The van der Waals surface area contributed by atoms with E-state index in [1.165, 1.54) is 0 Å². The number of amides is 1. The van der Waals surface area contributed by atoms with Crippen molar-refractivity contribution in [2.24, 2.45) is 11.7 Å². The minimum Gasteiger partial charge on any atom is -0.471 e. The predicted molar refractivity (Wildman–Crippen MR) is 183 cm³/mol. The minimum atomic E-state index is -1.62. The maximum Gasteiger partial charge on any atom is 0.255 e. The van der Waals surface area contributed by atoms with E-state index in [4.69, 9.17) is 27.1 Å². The molecule has 1 unspecified atom stereocenters. The second-order valence-electron chi connectivity index (χ2n) is 14.0. The lowest BCUT2D eigenvalue weighted by molar-refractivity contribution is -0.922. The maximum atomic E-state index is 12.9. The number of quaternary nitrogens is 1. The zero-order valence-corrected chi connectivity index (χ0v) is 28.3. The molecule has 3 aromatic rings. The van der Waals surface area contributed by atoms with Crippen molar-refractivity contribution in [3.8, 4) is 11.9 Å². The normalized spacial score (nSPS) is 23.6. The van der Waals surface area contributed by atoms with Crippen molar-refractivity contribution in [2.75, 3.05) is 46.9 Å². The summed E-state index contributed by atoms with van der Waals surface area (Å²) in [5.74, 6) is 0.0994. The van der Waals surface area contributed by atoms with Gasteiger partial charge in [-0.15, -0.1) is 0 Å². The number of rotatable bonds is 12. The van der Waals surface area contributed by atoms with Crippen LogP contribution in [0.5, 0.6) is 5.88 Å². The van der Waals surface area contributed by atoms with Crippen LogP contribution in [0.25, 0.3) is 10.8 Å². The van der Waals surface area contributed by atoms with Crippen molar-refractivity contribution < 1.29 is 19.1 Å². The SMILES string of the molecule is CCCCc1cc2ccccc2c(OCC[N+](C)(C)[C@H]2CCC(CN3CCC(C#N)(c4ccccc4Cl)CC3)C[C@@]2(O)C(N)=O)n1. The van der Waals surface area contributed by atoms with Crippen LogP contribution in [0.2, 0.25) is 5.02 Å². The Morgan fingerprint density at radius 2 is 1.89 bits per heavy atom. The zero-order valence-electron chi connectivity index (χ0n) is 27.6. The number of carbonyl (C=O) groups excluding carboxylic acids is 1. The second kappa shape index (κ2) is 14.3. The number of nitriles is 1. The van der Waals surface area contributed by atoms with Crippen LogP contribution in [-0.2, 0) is 16.6 Å². The summed E-state index contributed by atoms with van der Waals surface area (Å²) in [6, 6.07) is 20.2. The number of piperidine rings is 1. The third kappa shape index (κ3) is 7.18. The number of benzene rings is 2. The van der Waals surface area contributed by atoms with Gasteiger partial charge in [0, 0.05) is 29.1 Å². The molecule has 46 heavy (non-hydrogen) atoms. The van der Waals surface area contributed by atoms with E-state index in [1.807, 2.05) is 56.6 Å². The molecule has 0 bridgehead atoms. The van der Waals surface area contributed by atoms with E-state index in [9.17, 15) is 15.2 Å². The molecule has 1 aliphatic carbocycles. The van der Waals surface area contributed by atoms with Crippen LogP contribution in [0.3, 0.4) is 0 Å². The second-order valence-corrected chi connectivity index (χ2v) is 14.4. The summed E-state index contributed by atoms with van der Waals surface area (Å²) in [5, 5.41) is 24.8. The Morgan fingerprint density at radius 3 is 2.59 bits per heavy atom. The highest BCUT2D eigenvalue weighted by molar-refractivity contribution is 6.31. The van der Waals surface area contributed by atoms with E-state index in [-0.39, 0.29) is 12.0 Å². The highest BCUT2D eigenvalue weighted by atomic mass is 35.5. The van der Waals surface area contributed by atoms with Gasteiger partial charge in [0.1, 0.15) is 19.2 Å². The Labute approximate surface area is 278 Å². The van der Waals surface area contributed by atoms with Crippen LogP contribution in [0.1, 0.15) is 63.1 Å². The Balaban J connectivity index is 1.21. The predicted octanol–water partition coefficient (Wildman–Crippen LogP) is 5.63. The molecule has 5 rings (SSSR count). The van der Waals surface area contributed by atoms with E-state index in [0.717, 1.165) is 67.3 Å². The molecule has 1 saturated heterocycles. The number of likely N-dealkylation sites (tertiary alicyclic amines) is 1. The molecule has 2 heterocycles. The molecule has 1 saturated carbocycles. The number of aryl methyl sites for hydroxylation is 1. The number of nitrogens with two attached hydrogens (primary N) is 1. The fourth-order valence-electron chi connectivity index (χ4n) is 7.78. The number of aliphatic hydroxyl groups is 1. The number of hydrogen-bond donors (Lipinski definition) is 2. The molecule has 3 N–H and O–H groups in total. The van der Waals surface area contributed by atoms with Crippen LogP contribution in [0, 0.1) is 17.2 Å². The first-order valence-electron chi connectivity index (χ1n) is 16.8. The Bertz CT molecular complexity index is 1560. The van der Waals surface area contributed by atoms with Gasteiger partial charge in [-0.2, -0.15) is 5.26 Å². The first-order chi connectivity index (χ1) is 22.0. The highest BCUT2D eigenvalue weighted by Crippen LogP contribution is 2.41. The highest BCUT2D eigenvalue weighted by Gasteiger charge is 2.55. The molecular formula is C37H49ClN5O3+. The van der Waals surface area contributed by atoms with Gasteiger partial charge in [-0.05, 0) is 86.7 Å². The van der Waals surface area contributed by atoms with Crippen molar-refractivity contribution >= 4 is 28.3 Å². The number of aromatic nitrogens is 1. The van der Waals surface area contributed by atoms with Crippen molar-refractivity contribution in [2.45, 2.75) is 75.3 Å². The Hall–Kier alpha value is -3.22. The smallest absolute Gasteiger partial charge is 0.255 e. The monoisotopic (exact) mass is 646 g/mol. The van der Waals surface area contributed by atoms with Crippen molar-refractivity contribution in [3.63, 3.8) is 0 Å². The lowest BCUT2D eigenvalue weighted by Gasteiger charge is -2.49. The van der Waals surface area contributed by atoms with Crippen molar-refractivity contribution in [1.82, 2.24) is 9.88 Å². The molecule has 0 radical (unpaired) electrons. The maximum absolute atomic E-state index is 12.9. The van der Waals surface area contributed by atoms with Gasteiger partial charge in [0.2, 0.25) is 5.88 Å². The summed E-state index contributed by atoms with van der Waals surface area (Å²) in [7, 11) is 4.10. The standard InChI is InChI=1S/C37H48ClN5O3/c1-4-5-11-29-23-28-10-6-7-12-30(28)34(41-29)46-22-21-43(2,3)33-16-15-27(24-37(33,45)35(40)44)25-42-19-17-36(26-39,18-20-42)31-13-8-9-14-32(31)38/h6-10,12-14,23,27,33,45H,4-5,11,15-22,24-25H2,1-3H3,(H-,40,44)/p+1/t27?,33-,37-/m0/s1. The zero-order chi connectivity index (χ0) is 33.0. The molecule has 2 fully saturated rings. The van der Waals surface area contributed by atoms with Crippen molar-refractivity contribution in [3.05, 3.63) is 70.9 Å². The third-order valence-corrected chi connectivity index (χ3v) is 10.9. The van der Waals surface area contributed by atoms with Crippen LogP contribution < -0.4 is 10.5 Å². The van der Waals surface area contributed by atoms with Gasteiger partial charge >= 0.3 is 0 Å². The van der Waals surface area contributed by atoms with E-state index in [1.54, 1.807) is 0 Å². The van der Waals surface area contributed by atoms with Gasteiger partial charge in [-0.1, -0.05) is 61.3 Å². The molecular weight excluding hydrogens is 598 g/mol. The molecule has 1 aromatic heterocycles. The van der Waals surface area contributed by atoms with Gasteiger partial charge in [-0.3, -0.25) is 4.79 Å². The van der Waals surface area contributed by atoms with Crippen molar-refractivity contribution in [1.29, 1.82) is 5.26 Å². The van der Waals surface area contributed by atoms with Gasteiger partial charge in [-0.25, -0.2) is 4.98 Å². The molecule has 0 spiro atoms. The van der Waals surface area contributed by atoms with Crippen LogP contribution in [-0.4, -0.2) is 83.9 Å². The number of likely N-dealkylation sites (N-methyl/N-ethyl adjacent to an activating group) is 1. The van der Waals surface area contributed by atoms with Crippen LogP contribution in [0.15, 0.2) is 54.6 Å². The number of carbonyl (C=O) groups is 1. The molecule has 9 heteroatoms. The summed E-state index contributed by atoms with van der Waals surface area (Å²) in [6.07, 6.45) is 6.36. The summed E-state index contributed by atoms with van der Waals surface area (Å²) >= 11 is 6.49. The average molecular weight is 647 g/mol. The van der Waals surface area contributed by atoms with E-state index in [0.29, 0.717) is 54.2 Å². The molecule has 8 nitrogen and oxygen atoms in total. The number of hydrogen-bond acceptors (Lipinski definition) is 6. The van der Waals surface area contributed by atoms with E-state index in [2.05, 4.69) is 30.0 Å². The molecule has 2 aromatic carbocycles. The topological polar surface area (TPSA) is 112 Å². The number of ether oxygens (including phenoxy) is 1. The number of unbranched alkanes of at least 4 members (excludes halogenated alkanes) is 1. The molecule has 246 valence electrons. The molecule has 3 atom stereocenters. The Morgan fingerprint density at radius 1 is 1.17 bits per heavy atom. The van der Waals surface area contributed by atoms with Gasteiger partial charge in [0.05, 0.1) is 25.6 Å². The number of fused-ring (bicyclic) bond motifs is 1. The lowest BCUT2D eigenvalue weighted by Crippen LogP contribution is -2.68. The third-order valence-electron chi connectivity index (χ3n) is 10.6. The quantitative estimate of drug-likeness (QED) is 0.247. The first kappa shape index (κ1) is 34.1. The summed E-state index contributed by atoms with van der Waals surface area (Å²) in [6.45, 7) is 5.44. The fourth-order valence-corrected chi connectivity index (χ4v) is 8.10. The number of pyridine rings is 1. The van der Waals surface area contributed by atoms with E-state index < -0.39 is 16.9 Å². The molecule has 2 aliphatic rings. The largest absolute Gasteiger partial charge is 0.471 e. The Kier molecular flexibility index (Phi) is 10.6. The first-order valence-corrected chi connectivity index (χ1v) is 17.1. The average Bonchev–Trinajstić information content (AvgIpc) is 3.04. The van der Waals surface area contributed by atoms with Gasteiger partial charge < -0.3 is 25.0 Å². The molecule has 1 amide bonds. The van der Waals surface area contributed by atoms with Gasteiger partial charge in [0.15, 0.2) is 5.60 Å². The number of primary amides is 1. The van der Waals surface area contributed by atoms with Crippen LogP contribution >= 0.6 is 11.6 Å². The number of nitrogens with zero attached hydrogens (tertiary/aromatic N) is 4. The summed E-state index contributed by atoms with van der Waals surface area (Å²) < 4.78 is 6.73. The fraction of sp³-hybridized carbons (Fsp3) is 0.541. The molecule has 1 aliphatic heterocycles. The van der Waals surface area contributed by atoms with Crippen LogP contribution in [0.4, 0.5) is 0 Å². The lowest BCUT2D eigenvalue weighted by atomic mass is 9.71. The van der Waals surface area contributed by atoms with Gasteiger partial charge in [0.25, 0.3) is 5.91 Å².